The molecule has 25 heavy (non-hydrogen) atoms. The van der Waals surface area contributed by atoms with Gasteiger partial charge in [0.05, 0.1) is 17.9 Å². The highest BCUT2D eigenvalue weighted by molar-refractivity contribution is 5.42. The van der Waals surface area contributed by atoms with Crippen molar-refractivity contribution >= 4 is 0 Å². The Balaban J connectivity index is 1.79. The molecule has 4 heteroatoms. The van der Waals surface area contributed by atoms with Crippen LogP contribution >= 0.6 is 0 Å². The molecule has 0 radical (unpaired) electrons. The van der Waals surface area contributed by atoms with Crippen LogP contribution in [0.3, 0.4) is 0 Å². The molecule has 0 spiro atoms. The van der Waals surface area contributed by atoms with Crippen molar-refractivity contribution < 1.29 is 10.2 Å². The maximum Gasteiger partial charge on any atom is 0.400 e. The van der Waals surface area contributed by atoms with Gasteiger partial charge in [-0.25, -0.2) is 0 Å². The largest absolute Gasteiger partial charge is 0.505 e. The molecule has 4 nitrogen and oxygen atoms in total. The number of rotatable bonds is 0. The smallest absolute Gasteiger partial charge is 0.400 e. The SMILES string of the molecule is CC1(C)C2=CCC3C(CCC4(C)C(O)CCC34)C2(C)CC([N+]#N)=C1O. The van der Waals surface area contributed by atoms with E-state index in [9.17, 15) is 15.6 Å². The van der Waals surface area contributed by atoms with E-state index in [2.05, 4.69) is 24.9 Å². The first kappa shape index (κ1) is 17.1. The predicted octanol–water partition coefficient (Wildman–Crippen LogP) is 5.18. The highest BCUT2D eigenvalue weighted by atomic mass is 16.3. The van der Waals surface area contributed by atoms with Gasteiger partial charge in [-0.3, -0.25) is 0 Å². The number of fused-ring (bicyclic) bond motifs is 5. The van der Waals surface area contributed by atoms with E-state index in [0.717, 1.165) is 32.1 Å². The van der Waals surface area contributed by atoms with E-state index in [1.807, 2.05) is 13.8 Å². The summed E-state index contributed by atoms with van der Waals surface area (Å²) in [5.41, 5.74) is 1.28. The van der Waals surface area contributed by atoms with Gasteiger partial charge in [-0.15, -0.1) is 0 Å². The van der Waals surface area contributed by atoms with Gasteiger partial charge in [-0.05, 0) is 69.1 Å². The average molecular weight is 343 g/mol. The van der Waals surface area contributed by atoms with Crippen molar-refractivity contribution in [1.29, 1.82) is 5.39 Å². The zero-order chi connectivity index (χ0) is 18.2. The van der Waals surface area contributed by atoms with Crippen LogP contribution < -0.4 is 0 Å². The summed E-state index contributed by atoms with van der Waals surface area (Å²) in [6, 6.07) is 0. The lowest BCUT2D eigenvalue weighted by Crippen LogP contribution is -2.52. The molecule has 2 N–H and O–H groups in total. The third kappa shape index (κ3) is 1.99. The molecule has 0 heterocycles. The van der Waals surface area contributed by atoms with Gasteiger partial charge in [-0.2, -0.15) is 0 Å². The normalized spacial score (nSPS) is 48.1. The van der Waals surface area contributed by atoms with Crippen LogP contribution in [0.15, 0.2) is 23.1 Å². The van der Waals surface area contributed by atoms with E-state index in [-0.39, 0.29) is 22.7 Å². The van der Waals surface area contributed by atoms with Gasteiger partial charge in [-0.1, -0.05) is 25.5 Å². The summed E-state index contributed by atoms with van der Waals surface area (Å²) >= 11 is 0. The van der Waals surface area contributed by atoms with E-state index >= 15 is 0 Å². The second-order valence-electron chi connectivity index (χ2n) is 9.98. The van der Waals surface area contributed by atoms with Crippen molar-refractivity contribution in [3.63, 3.8) is 0 Å². The third-order valence-corrected chi connectivity index (χ3v) is 8.61. The van der Waals surface area contributed by atoms with Crippen LogP contribution in [0.5, 0.6) is 0 Å². The second-order valence-corrected chi connectivity index (χ2v) is 9.98. The molecule has 2 fully saturated rings. The first-order valence-corrected chi connectivity index (χ1v) is 9.83. The fourth-order valence-electron chi connectivity index (χ4n) is 7.26. The molecule has 136 valence electrons. The van der Waals surface area contributed by atoms with Gasteiger partial charge in [0.25, 0.3) is 0 Å². The zero-order valence-electron chi connectivity index (χ0n) is 15.9. The number of nitrogens with zero attached hydrogens (tertiary/aromatic N) is 2. The van der Waals surface area contributed by atoms with Gasteiger partial charge in [0.2, 0.25) is 5.39 Å². The summed E-state index contributed by atoms with van der Waals surface area (Å²) in [4.78, 5) is 3.45. The van der Waals surface area contributed by atoms with Gasteiger partial charge in [0.15, 0.2) is 10.7 Å². The number of hydrogen-bond acceptors (Lipinski definition) is 3. The molecular formula is C21H31N2O2+. The van der Waals surface area contributed by atoms with Crippen molar-refractivity contribution in [3.8, 4) is 0 Å². The van der Waals surface area contributed by atoms with Gasteiger partial charge >= 0.3 is 5.70 Å². The monoisotopic (exact) mass is 343 g/mol. The summed E-state index contributed by atoms with van der Waals surface area (Å²) < 4.78 is 0. The van der Waals surface area contributed by atoms with Crippen molar-refractivity contribution in [1.82, 2.24) is 0 Å². The Hall–Kier alpha value is -1.34. The van der Waals surface area contributed by atoms with Crippen LogP contribution in [0.25, 0.3) is 4.98 Å². The molecule has 0 saturated heterocycles. The van der Waals surface area contributed by atoms with Crippen molar-refractivity contribution in [2.24, 2.45) is 34.0 Å². The van der Waals surface area contributed by atoms with E-state index in [1.165, 1.54) is 5.57 Å². The molecule has 4 rings (SSSR count). The van der Waals surface area contributed by atoms with E-state index in [1.54, 1.807) is 0 Å². The van der Waals surface area contributed by atoms with Crippen LogP contribution in [-0.2, 0) is 0 Å². The lowest BCUT2D eigenvalue weighted by atomic mass is 9.45. The van der Waals surface area contributed by atoms with Gasteiger partial charge in [0.1, 0.15) is 0 Å². The third-order valence-electron chi connectivity index (χ3n) is 8.61. The standard InChI is InChI=1S/C21H30N2O2/c1-19(2)16-7-5-12-13-6-8-17(24)20(13,3)10-9-14(12)21(16,4)11-15(23-22)18(19)25/h7,12-14,17,24H,5-6,8-11H2,1-4H3/p+1. The maximum absolute atomic E-state index is 10.6. The molecule has 6 atom stereocenters. The molecule has 0 aliphatic heterocycles. The summed E-state index contributed by atoms with van der Waals surface area (Å²) in [5, 5.41) is 30.7. The number of diazo groups is 1. The Morgan fingerprint density at radius 2 is 1.84 bits per heavy atom. The van der Waals surface area contributed by atoms with Gasteiger partial charge < -0.3 is 10.2 Å². The number of allylic oxidation sites excluding steroid dienone is 3. The Morgan fingerprint density at radius 3 is 2.52 bits per heavy atom. The van der Waals surface area contributed by atoms with E-state index in [4.69, 9.17) is 0 Å². The van der Waals surface area contributed by atoms with Crippen LogP contribution in [0.4, 0.5) is 0 Å². The highest BCUT2D eigenvalue weighted by Crippen LogP contribution is 2.67. The number of hydrogen-bond donors (Lipinski definition) is 2. The fourth-order valence-corrected chi connectivity index (χ4v) is 7.26. The van der Waals surface area contributed by atoms with Crippen molar-refractivity contribution in [3.05, 3.63) is 28.1 Å². The molecular weight excluding hydrogens is 312 g/mol. The maximum atomic E-state index is 10.6. The molecule has 0 aromatic heterocycles. The fraction of sp³-hybridized carbons (Fsp3) is 0.810. The zero-order valence-corrected chi connectivity index (χ0v) is 15.9. The van der Waals surface area contributed by atoms with Crippen LogP contribution in [0.2, 0.25) is 0 Å². The van der Waals surface area contributed by atoms with Crippen LogP contribution in [-0.4, -0.2) is 16.3 Å². The first-order valence-electron chi connectivity index (χ1n) is 9.83. The molecule has 6 unspecified atom stereocenters. The van der Waals surface area contributed by atoms with Crippen molar-refractivity contribution in [2.75, 3.05) is 0 Å². The molecule has 4 aliphatic carbocycles. The highest BCUT2D eigenvalue weighted by Gasteiger charge is 2.62. The molecule has 0 aromatic rings. The average Bonchev–Trinajstić information content (AvgIpc) is 2.86. The number of aliphatic hydroxyl groups excluding tert-OH is 2. The lowest BCUT2D eigenvalue weighted by Gasteiger charge is -2.58. The van der Waals surface area contributed by atoms with E-state index < -0.39 is 5.41 Å². The Bertz CT molecular complexity index is 716. The van der Waals surface area contributed by atoms with Crippen LogP contribution in [0, 0.1) is 39.4 Å². The van der Waals surface area contributed by atoms with Crippen molar-refractivity contribution in [2.45, 2.75) is 72.3 Å². The predicted molar refractivity (Wildman–Crippen MR) is 97.0 cm³/mol. The minimum atomic E-state index is -0.477. The Morgan fingerprint density at radius 1 is 1.12 bits per heavy atom. The first-order chi connectivity index (χ1) is 11.7. The molecule has 2 saturated carbocycles. The summed E-state index contributed by atoms with van der Waals surface area (Å²) in [6.45, 7) is 8.69. The Kier molecular flexibility index (Phi) is 3.49. The lowest BCUT2D eigenvalue weighted by molar-refractivity contribution is -0.0670. The Labute approximate surface area is 150 Å². The topological polar surface area (TPSA) is 68.6 Å². The minimum Gasteiger partial charge on any atom is -0.505 e. The number of aliphatic hydroxyl groups is 2. The van der Waals surface area contributed by atoms with E-state index in [0.29, 0.717) is 29.9 Å². The quantitative estimate of drug-likeness (QED) is 0.470. The summed E-state index contributed by atoms with van der Waals surface area (Å²) in [7, 11) is 0. The van der Waals surface area contributed by atoms with Gasteiger partial charge in [0, 0.05) is 5.41 Å². The molecule has 0 amide bonds. The molecule has 0 bridgehead atoms. The molecule has 4 aliphatic rings. The summed E-state index contributed by atoms with van der Waals surface area (Å²) in [6.07, 6.45) is 8.10. The minimum absolute atomic E-state index is 0.0647. The molecule has 0 aromatic carbocycles. The summed E-state index contributed by atoms with van der Waals surface area (Å²) in [5.74, 6) is 1.91. The van der Waals surface area contributed by atoms with Crippen LogP contribution in [0.1, 0.15) is 66.2 Å². The second kappa shape index (κ2) is 5.10.